The Balaban J connectivity index is 1.33. The molecule has 0 saturated heterocycles. The van der Waals surface area contributed by atoms with E-state index < -0.39 is 5.97 Å². The van der Waals surface area contributed by atoms with Crippen LogP contribution in [0.5, 0.6) is 5.75 Å². The van der Waals surface area contributed by atoms with Crippen LogP contribution in [0.1, 0.15) is 79.3 Å². The molecule has 1 aliphatic heterocycles. The molecular weight excluding hydrogens is 612 g/mol. The van der Waals surface area contributed by atoms with E-state index in [2.05, 4.69) is 21.7 Å². The topological polar surface area (TPSA) is 133 Å². The number of benzene rings is 2. The number of hydrogen-bond acceptors (Lipinski definition) is 8. The van der Waals surface area contributed by atoms with Gasteiger partial charge in [-0.2, -0.15) is 0 Å². The monoisotopic (exact) mass is 650 g/mol. The largest absolute Gasteiger partial charge is 0.493 e. The van der Waals surface area contributed by atoms with Crippen LogP contribution in [0.15, 0.2) is 47.8 Å². The molecule has 2 amide bonds. The first-order valence-corrected chi connectivity index (χ1v) is 17.0. The standard InChI is InChI=1S/C37H38N4O5S/c1-19-12-22(18-38)13-20(2)32(19)41-35(42)27-16-28-31(46-10-8-23-9-11-47-34(23)28)17-26(27)25-6-7-29(39-33(25)37(44)45-3)36(43)40-30-15-21-4-5-24(30)14-21/h6-7,9,11-13,16-17,21,24,30H,4-5,8,10,14-15,18,38H2,1-3H3,(H,40,43)(H,41,42). The van der Waals surface area contributed by atoms with Crippen LogP contribution in [-0.2, 0) is 17.7 Å². The molecule has 3 heterocycles. The lowest BCUT2D eigenvalue weighted by Crippen LogP contribution is -2.39. The van der Waals surface area contributed by atoms with Crippen molar-refractivity contribution in [3.8, 4) is 27.3 Å². The smallest absolute Gasteiger partial charge is 0.357 e. The Labute approximate surface area is 277 Å². The second kappa shape index (κ2) is 12.6. The number of aromatic nitrogens is 1. The summed E-state index contributed by atoms with van der Waals surface area (Å²) in [5.74, 6) is 0.382. The van der Waals surface area contributed by atoms with Gasteiger partial charge in [-0.25, -0.2) is 9.78 Å². The van der Waals surface area contributed by atoms with Gasteiger partial charge in [-0.1, -0.05) is 18.6 Å². The van der Waals surface area contributed by atoms with E-state index in [9.17, 15) is 14.4 Å². The van der Waals surface area contributed by atoms with Crippen molar-refractivity contribution in [1.29, 1.82) is 0 Å². The second-order valence-corrected chi connectivity index (χ2v) is 13.8. The van der Waals surface area contributed by atoms with E-state index in [1.807, 2.05) is 37.4 Å². The molecule has 2 saturated carbocycles. The fraction of sp³-hybridized carbons (Fsp3) is 0.351. The van der Waals surface area contributed by atoms with Crippen LogP contribution >= 0.6 is 11.3 Å². The summed E-state index contributed by atoms with van der Waals surface area (Å²) in [5, 5.41) is 8.32. The van der Waals surface area contributed by atoms with Gasteiger partial charge in [-0.05, 0) is 103 Å². The molecule has 3 unspecified atom stereocenters. The first-order chi connectivity index (χ1) is 22.7. The van der Waals surface area contributed by atoms with Crippen molar-refractivity contribution in [3.63, 3.8) is 0 Å². The number of fused-ring (bicyclic) bond motifs is 5. The maximum atomic E-state index is 14.3. The Morgan fingerprint density at radius 3 is 2.51 bits per heavy atom. The van der Waals surface area contributed by atoms with E-state index >= 15 is 0 Å². The van der Waals surface area contributed by atoms with Crippen LogP contribution in [0.25, 0.3) is 21.6 Å². The Bertz CT molecular complexity index is 1890. The second-order valence-electron chi connectivity index (χ2n) is 12.9. The normalized spacial score (nSPS) is 19.3. The Hall–Kier alpha value is -4.54. The van der Waals surface area contributed by atoms with Gasteiger partial charge in [0.05, 0.1) is 13.7 Å². The number of carbonyl (C=O) groups excluding carboxylic acids is 3. The molecule has 9 nitrogen and oxygen atoms in total. The number of nitrogens with one attached hydrogen (secondary N) is 2. The summed E-state index contributed by atoms with van der Waals surface area (Å²) in [6, 6.07) is 13.0. The van der Waals surface area contributed by atoms with Gasteiger partial charge in [0.15, 0.2) is 5.69 Å². The van der Waals surface area contributed by atoms with Gasteiger partial charge in [0, 0.05) is 51.8 Å². The van der Waals surface area contributed by atoms with Gasteiger partial charge < -0.3 is 25.8 Å². The van der Waals surface area contributed by atoms with Crippen LogP contribution in [-0.4, -0.2) is 42.5 Å². The average Bonchev–Trinajstić information content (AvgIpc) is 3.81. The third-order valence-electron chi connectivity index (χ3n) is 9.90. The number of rotatable bonds is 7. The number of anilines is 1. The molecule has 3 atom stereocenters. The number of carbonyl (C=O) groups is 3. The van der Waals surface area contributed by atoms with Crippen LogP contribution in [0.2, 0.25) is 0 Å². The molecule has 2 aliphatic carbocycles. The van der Waals surface area contributed by atoms with Crippen molar-refractivity contribution in [2.24, 2.45) is 17.6 Å². The van der Waals surface area contributed by atoms with Gasteiger partial charge in [-0.15, -0.1) is 11.3 Å². The molecule has 2 aromatic carbocycles. The first kappa shape index (κ1) is 31.1. The molecule has 2 aromatic heterocycles. The maximum absolute atomic E-state index is 14.3. The van der Waals surface area contributed by atoms with Crippen LogP contribution < -0.4 is 21.1 Å². The van der Waals surface area contributed by atoms with Crippen LogP contribution in [0.3, 0.4) is 0 Å². The van der Waals surface area contributed by atoms with Gasteiger partial charge in [-0.3, -0.25) is 9.59 Å². The lowest BCUT2D eigenvalue weighted by molar-refractivity contribution is 0.0594. The molecule has 0 spiro atoms. The van der Waals surface area contributed by atoms with Gasteiger partial charge in [0.1, 0.15) is 11.4 Å². The number of aryl methyl sites for hydroxylation is 2. The summed E-state index contributed by atoms with van der Waals surface area (Å²) in [7, 11) is 1.28. The fourth-order valence-electron chi connectivity index (χ4n) is 7.60. The lowest BCUT2D eigenvalue weighted by Gasteiger charge is -2.23. The maximum Gasteiger partial charge on any atom is 0.357 e. The van der Waals surface area contributed by atoms with E-state index in [1.165, 1.54) is 13.5 Å². The SMILES string of the molecule is COC(=O)c1nc(C(=O)NC2CC3CCC2C3)ccc1-c1cc2c(cc1C(=O)Nc1c(C)cc(CN)cc1C)-c1sccc1CCO2. The first-order valence-electron chi connectivity index (χ1n) is 16.1. The highest BCUT2D eigenvalue weighted by Gasteiger charge is 2.40. The predicted molar refractivity (Wildman–Crippen MR) is 182 cm³/mol. The number of nitrogens with zero attached hydrogens (tertiary/aromatic N) is 1. The van der Waals surface area contributed by atoms with Crippen LogP contribution in [0.4, 0.5) is 5.69 Å². The number of hydrogen-bond donors (Lipinski definition) is 3. The number of methoxy groups -OCH3 is 1. The fourth-order valence-corrected chi connectivity index (χ4v) is 8.57. The Morgan fingerprint density at radius 2 is 1.81 bits per heavy atom. The number of esters is 1. The van der Waals surface area contributed by atoms with Gasteiger partial charge >= 0.3 is 5.97 Å². The molecule has 0 radical (unpaired) electrons. The molecule has 3 aliphatic rings. The van der Waals surface area contributed by atoms with E-state index in [1.54, 1.807) is 29.5 Å². The third-order valence-corrected chi connectivity index (χ3v) is 10.9. The molecule has 4 N–H and O–H groups in total. The van der Waals surface area contributed by atoms with Crippen molar-refractivity contribution < 1.29 is 23.9 Å². The van der Waals surface area contributed by atoms with E-state index in [4.69, 9.17) is 15.2 Å². The van der Waals surface area contributed by atoms with Gasteiger partial charge in [0.2, 0.25) is 0 Å². The minimum absolute atomic E-state index is 0.0489. The van der Waals surface area contributed by atoms with Crippen LogP contribution in [0, 0.1) is 25.7 Å². The molecule has 10 heteroatoms. The van der Waals surface area contributed by atoms with E-state index in [-0.39, 0.29) is 29.2 Å². The highest BCUT2D eigenvalue weighted by atomic mass is 32.1. The van der Waals surface area contributed by atoms with Gasteiger partial charge in [0.25, 0.3) is 11.8 Å². The van der Waals surface area contributed by atoms with Crippen molar-refractivity contribution in [1.82, 2.24) is 10.3 Å². The zero-order chi connectivity index (χ0) is 32.8. The van der Waals surface area contributed by atoms with E-state index in [0.717, 1.165) is 58.4 Å². The van der Waals surface area contributed by atoms with Crippen molar-refractivity contribution in [3.05, 3.63) is 87.0 Å². The zero-order valence-corrected chi connectivity index (χ0v) is 27.6. The summed E-state index contributed by atoms with van der Waals surface area (Å²) in [6.45, 7) is 4.74. The average molecular weight is 651 g/mol. The summed E-state index contributed by atoms with van der Waals surface area (Å²) in [4.78, 5) is 46.5. The Morgan fingerprint density at radius 1 is 1.00 bits per heavy atom. The molecular formula is C37H38N4O5S. The minimum Gasteiger partial charge on any atom is -0.493 e. The summed E-state index contributed by atoms with van der Waals surface area (Å²) in [5.41, 5.74) is 12.5. The predicted octanol–water partition coefficient (Wildman–Crippen LogP) is 6.44. The molecule has 2 bridgehead atoms. The molecule has 242 valence electrons. The quantitative estimate of drug-likeness (QED) is 0.196. The third kappa shape index (κ3) is 5.80. The highest BCUT2D eigenvalue weighted by Crippen LogP contribution is 2.45. The highest BCUT2D eigenvalue weighted by molar-refractivity contribution is 7.13. The van der Waals surface area contributed by atoms with Crippen molar-refractivity contribution in [2.45, 2.75) is 58.5 Å². The lowest BCUT2D eigenvalue weighted by atomic mass is 9.93. The molecule has 7 rings (SSSR count). The minimum atomic E-state index is -0.707. The number of thiophene rings is 1. The number of nitrogens with two attached hydrogens (primary N) is 1. The molecule has 4 aromatic rings. The summed E-state index contributed by atoms with van der Waals surface area (Å²) >= 11 is 1.60. The number of pyridine rings is 1. The zero-order valence-electron chi connectivity index (χ0n) is 26.8. The Kier molecular flexibility index (Phi) is 8.32. The molecule has 2 fully saturated rings. The number of amides is 2. The van der Waals surface area contributed by atoms with E-state index in [0.29, 0.717) is 53.1 Å². The summed E-state index contributed by atoms with van der Waals surface area (Å²) < 4.78 is 11.4. The van der Waals surface area contributed by atoms with Crippen molar-refractivity contribution in [2.75, 3.05) is 19.0 Å². The summed E-state index contributed by atoms with van der Waals surface area (Å²) in [6.07, 6.45) is 5.22. The number of ether oxygens (including phenoxy) is 2. The molecule has 47 heavy (non-hydrogen) atoms. The van der Waals surface area contributed by atoms with Crippen molar-refractivity contribution >= 4 is 34.8 Å².